The number of alkyl carbamates (subject to hydrolysis) is 1. The van der Waals surface area contributed by atoms with Crippen LogP contribution in [0.2, 0.25) is 0 Å². The van der Waals surface area contributed by atoms with E-state index in [9.17, 15) is 18.3 Å². The molecule has 0 aliphatic rings. The van der Waals surface area contributed by atoms with Gasteiger partial charge >= 0.3 is 6.09 Å². The molecule has 12 heteroatoms. The Morgan fingerprint density at radius 1 is 1.02 bits per heavy atom. The predicted octanol–water partition coefficient (Wildman–Crippen LogP) is 5.28. The molecule has 0 saturated heterocycles. The number of sulfonamides is 1. The van der Waals surface area contributed by atoms with Gasteiger partial charge in [0.1, 0.15) is 6.61 Å². The zero-order valence-corrected chi connectivity index (χ0v) is 27.5. The van der Waals surface area contributed by atoms with E-state index in [1.807, 2.05) is 66.9 Å². The summed E-state index contributed by atoms with van der Waals surface area (Å²) in [5.74, 6) is -0.0213. The SMILES string of the molecule is CC(C)CN(C[C@@H](O)[C@H](Cc1ccccc1)NC(=O)OCc1cncs1)S(=O)(=O)c1ccc2ncn(CCc3ccccc3)c2c1. The van der Waals surface area contributed by atoms with Gasteiger partial charge in [-0.25, -0.2) is 18.2 Å². The van der Waals surface area contributed by atoms with E-state index < -0.39 is 28.3 Å². The van der Waals surface area contributed by atoms with Crippen molar-refractivity contribution in [2.75, 3.05) is 13.1 Å². The lowest BCUT2D eigenvalue weighted by atomic mass is 10.0. The van der Waals surface area contributed by atoms with Crippen molar-refractivity contribution >= 4 is 38.5 Å². The summed E-state index contributed by atoms with van der Waals surface area (Å²) in [7, 11) is -4.04. The van der Waals surface area contributed by atoms with Crippen molar-refractivity contribution in [2.24, 2.45) is 5.92 Å². The Labute approximate surface area is 273 Å². The Hall–Kier alpha value is -4.10. The quantitative estimate of drug-likeness (QED) is 0.156. The number of ether oxygens (including phenoxy) is 1. The second-order valence-electron chi connectivity index (χ2n) is 11.6. The second-order valence-corrected chi connectivity index (χ2v) is 14.5. The van der Waals surface area contributed by atoms with Crippen LogP contribution in [0, 0.1) is 5.92 Å². The maximum absolute atomic E-state index is 14.2. The fourth-order valence-electron chi connectivity index (χ4n) is 5.23. The summed E-state index contributed by atoms with van der Waals surface area (Å²) in [6.07, 6.45) is 2.46. The number of rotatable bonds is 15. The van der Waals surface area contributed by atoms with Gasteiger partial charge in [0.25, 0.3) is 0 Å². The van der Waals surface area contributed by atoms with E-state index in [1.54, 1.807) is 36.2 Å². The maximum atomic E-state index is 14.2. The highest BCUT2D eigenvalue weighted by molar-refractivity contribution is 7.89. The van der Waals surface area contributed by atoms with Crippen LogP contribution in [0.4, 0.5) is 4.79 Å². The number of aliphatic hydroxyl groups is 1. The van der Waals surface area contributed by atoms with Crippen LogP contribution < -0.4 is 5.32 Å². The molecule has 0 unspecified atom stereocenters. The van der Waals surface area contributed by atoms with E-state index in [4.69, 9.17) is 4.74 Å². The van der Waals surface area contributed by atoms with Gasteiger partial charge in [-0.1, -0.05) is 74.5 Å². The number of aryl methyl sites for hydroxylation is 2. The van der Waals surface area contributed by atoms with E-state index in [1.165, 1.54) is 21.2 Å². The second kappa shape index (κ2) is 15.5. The average molecular weight is 662 g/mol. The first-order valence-electron chi connectivity index (χ1n) is 15.2. The predicted molar refractivity (Wildman–Crippen MR) is 179 cm³/mol. The number of amides is 1. The minimum absolute atomic E-state index is 0.0213. The van der Waals surface area contributed by atoms with Gasteiger partial charge in [-0.2, -0.15) is 4.31 Å². The van der Waals surface area contributed by atoms with Crippen LogP contribution in [0.15, 0.2) is 102 Å². The molecule has 0 aliphatic carbocycles. The lowest BCUT2D eigenvalue weighted by molar-refractivity contribution is 0.0876. The molecule has 46 heavy (non-hydrogen) atoms. The highest BCUT2D eigenvalue weighted by Crippen LogP contribution is 2.24. The van der Waals surface area contributed by atoms with E-state index in [2.05, 4.69) is 27.4 Å². The number of carbonyl (C=O) groups excluding carboxylic acids is 1. The van der Waals surface area contributed by atoms with Gasteiger partial charge in [-0.15, -0.1) is 11.3 Å². The maximum Gasteiger partial charge on any atom is 0.407 e. The fraction of sp³-hybridized carbons (Fsp3) is 0.324. The van der Waals surface area contributed by atoms with E-state index in [0.29, 0.717) is 17.6 Å². The molecule has 3 aromatic carbocycles. The molecule has 2 aromatic heterocycles. The number of aliphatic hydroxyl groups excluding tert-OH is 1. The summed E-state index contributed by atoms with van der Waals surface area (Å²) in [4.78, 5) is 22.2. The molecule has 0 saturated carbocycles. The molecular formula is C34H39N5O5S2. The number of benzene rings is 3. The van der Waals surface area contributed by atoms with Crippen molar-refractivity contribution in [2.45, 2.75) is 56.9 Å². The number of nitrogens with zero attached hydrogens (tertiary/aromatic N) is 4. The summed E-state index contributed by atoms with van der Waals surface area (Å²) in [5.41, 5.74) is 5.12. The molecule has 5 rings (SSSR count). The third-order valence-electron chi connectivity index (χ3n) is 7.57. The first-order valence-corrected chi connectivity index (χ1v) is 17.5. The Bertz CT molecular complexity index is 1800. The largest absolute Gasteiger partial charge is 0.444 e. The Balaban J connectivity index is 1.36. The molecule has 0 spiro atoms. The molecule has 2 heterocycles. The molecule has 0 aliphatic heterocycles. The summed E-state index contributed by atoms with van der Waals surface area (Å²) < 4.78 is 37.0. The standard InChI is InChI=1S/C34H39N5O5S2/c1-25(2)20-39(21-33(40)31(17-27-11-7-4-8-12-27)37-34(41)44-22-28-19-35-24-45-28)46(42,43)29-13-14-30-32(18-29)38(23-36-30)16-15-26-9-5-3-6-10-26/h3-14,18-19,23-25,31,33,40H,15-17,20-22H2,1-2H3,(H,37,41)/t31-,33+/m0/s1. The van der Waals surface area contributed by atoms with Crippen LogP contribution >= 0.6 is 11.3 Å². The van der Waals surface area contributed by atoms with Crippen LogP contribution in [0.1, 0.15) is 29.9 Å². The van der Waals surface area contributed by atoms with Crippen molar-refractivity contribution in [1.29, 1.82) is 0 Å². The number of carbonyl (C=O) groups is 1. The summed E-state index contributed by atoms with van der Waals surface area (Å²) in [6.45, 7) is 4.49. The monoisotopic (exact) mass is 661 g/mol. The number of fused-ring (bicyclic) bond motifs is 1. The Kier molecular flexibility index (Phi) is 11.2. The molecule has 0 fully saturated rings. The third kappa shape index (κ3) is 8.79. The van der Waals surface area contributed by atoms with Gasteiger partial charge < -0.3 is 19.7 Å². The van der Waals surface area contributed by atoms with Crippen LogP contribution in [-0.2, 0) is 40.8 Å². The highest BCUT2D eigenvalue weighted by Gasteiger charge is 2.32. The normalized spacial score (nSPS) is 13.2. The van der Waals surface area contributed by atoms with Crippen molar-refractivity contribution in [1.82, 2.24) is 24.2 Å². The zero-order valence-electron chi connectivity index (χ0n) is 25.9. The van der Waals surface area contributed by atoms with E-state index in [0.717, 1.165) is 16.9 Å². The molecule has 1 amide bonds. The van der Waals surface area contributed by atoms with Gasteiger partial charge in [0.2, 0.25) is 10.0 Å². The first kappa shape index (κ1) is 33.3. The average Bonchev–Trinajstić information content (AvgIpc) is 3.73. The summed E-state index contributed by atoms with van der Waals surface area (Å²) >= 11 is 1.37. The van der Waals surface area contributed by atoms with Gasteiger partial charge in [0.15, 0.2) is 0 Å². The number of aromatic nitrogens is 3. The number of hydrogen-bond acceptors (Lipinski definition) is 8. The van der Waals surface area contributed by atoms with Gasteiger partial charge in [-0.3, -0.25) is 4.98 Å². The Morgan fingerprint density at radius 3 is 2.41 bits per heavy atom. The molecule has 10 nitrogen and oxygen atoms in total. The molecular weight excluding hydrogens is 623 g/mol. The molecule has 242 valence electrons. The minimum atomic E-state index is -4.04. The van der Waals surface area contributed by atoms with E-state index >= 15 is 0 Å². The third-order valence-corrected chi connectivity index (χ3v) is 10.1. The zero-order chi connectivity index (χ0) is 32.5. The van der Waals surface area contributed by atoms with Crippen LogP contribution in [0.3, 0.4) is 0 Å². The molecule has 2 N–H and O–H groups in total. The summed E-state index contributed by atoms with van der Waals surface area (Å²) in [6, 6.07) is 23.6. The molecule has 5 aromatic rings. The van der Waals surface area contributed by atoms with Gasteiger partial charge in [0, 0.05) is 25.8 Å². The van der Waals surface area contributed by atoms with Gasteiger partial charge in [-0.05, 0) is 48.1 Å². The number of nitrogens with one attached hydrogen (secondary N) is 1. The van der Waals surface area contributed by atoms with Crippen molar-refractivity contribution < 1.29 is 23.1 Å². The number of imidazole rings is 1. The first-order chi connectivity index (χ1) is 22.2. The topological polar surface area (TPSA) is 127 Å². The molecule has 0 radical (unpaired) electrons. The van der Waals surface area contributed by atoms with Crippen LogP contribution in [0.5, 0.6) is 0 Å². The fourth-order valence-corrected chi connectivity index (χ4v) is 7.37. The van der Waals surface area contributed by atoms with Crippen LogP contribution in [-0.4, -0.2) is 63.7 Å². The van der Waals surface area contributed by atoms with Crippen molar-refractivity contribution in [3.05, 3.63) is 113 Å². The number of hydrogen-bond donors (Lipinski definition) is 2. The lowest BCUT2D eigenvalue weighted by Crippen LogP contribution is -2.51. The lowest BCUT2D eigenvalue weighted by Gasteiger charge is -2.30. The highest BCUT2D eigenvalue weighted by atomic mass is 32.2. The minimum Gasteiger partial charge on any atom is -0.444 e. The van der Waals surface area contributed by atoms with Crippen molar-refractivity contribution in [3.8, 4) is 0 Å². The summed E-state index contributed by atoms with van der Waals surface area (Å²) in [5, 5.41) is 14.3. The van der Waals surface area contributed by atoms with Crippen LogP contribution in [0.25, 0.3) is 11.0 Å². The Morgan fingerprint density at radius 2 is 1.74 bits per heavy atom. The van der Waals surface area contributed by atoms with Gasteiger partial charge in [0.05, 0.1) is 44.8 Å². The number of thiazole rings is 1. The molecule has 0 bridgehead atoms. The molecule has 2 atom stereocenters. The smallest absolute Gasteiger partial charge is 0.407 e. The van der Waals surface area contributed by atoms with E-state index in [-0.39, 0.29) is 36.9 Å². The van der Waals surface area contributed by atoms with Crippen molar-refractivity contribution in [3.63, 3.8) is 0 Å².